The van der Waals surface area contributed by atoms with Gasteiger partial charge in [-0.25, -0.2) is 9.99 Å². The molecule has 0 aromatic carbocycles. The summed E-state index contributed by atoms with van der Waals surface area (Å²) < 4.78 is 0. The zero-order valence-electron chi connectivity index (χ0n) is 18.6. The third kappa shape index (κ3) is 5.40. The van der Waals surface area contributed by atoms with Crippen LogP contribution in [0.5, 0.6) is 0 Å². The molecule has 1 aromatic rings. The van der Waals surface area contributed by atoms with Crippen LogP contribution in [0, 0.1) is 6.92 Å². The Bertz CT molecular complexity index is 821. The topological polar surface area (TPSA) is 43.4 Å². The lowest BCUT2D eigenvalue weighted by Gasteiger charge is -2.45. The van der Waals surface area contributed by atoms with Gasteiger partial charge in [-0.05, 0) is 53.1 Å². The zero-order chi connectivity index (χ0) is 21.8. The van der Waals surface area contributed by atoms with E-state index in [2.05, 4.69) is 79.3 Å². The molecule has 5 nitrogen and oxygen atoms in total. The Kier molecular flexibility index (Phi) is 7.50. The molecule has 1 atom stereocenters. The van der Waals surface area contributed by atoms with Crippen molar-refractivity contribution in [2.45, 2.75) is 46.2 Å². The zero-order valence-corrected chi connectivity index (χ0v) is 18.6. The van der Waals surface area contributed by atoms with E-state index >= 15 is 0 Å². The van der Waals surface area contributed by atoms with Gasteiger partial charge in [0.1, 0.15) is 13.7 Å². The van der Waals surface area contributed by atoms with Crippen molar-refractivity contribution in [2.75, 3.05) is 25.5 Å². The summed E-state index contributed by atoms with van der Waals surface area (Å²) in [5.41, 5.74) is 4.76. The molecular formula is C23H34BN5. The van der Waals surface area contributed by atoms with Gasteiger partial charge >= 0.3 is 0 Å². The Morgan fingerprint density at radius 3 is 2.62 bits per heavy atom. The third-order valence-electron chi connectivity index (χ3n) is 5.74. The number of aryl methyl sites for hydroxylation is 1. The fraction of sp³-hybridized carbons (Fsp3) is 0.435. The highest BCUT2D eigenvalue weighted by molar-refractivity contribution is 6.33. The minimum absolute atomic E-state index is 0.123. The molecule has 0 saturated carbocycles. The standard InChI is InChI=1S/C23H34BN5/c1-9-16(2)15-29(28(8)23(7)13-10-14-25-23)20(6)17(3)18(4)26-22-12-11-21(24)19(5)27-22/h9,11-12,25H,3-4,6,10,13-15H2,1-2,5,7-8H3,(H,26,27)/b16-9+. The van der Waals surface area contributed by atoms with E-state index in [-0.39, 0.29) is 5.66 Å². The van der Waals surface area contributed by atoms with Crippen LogP contribution in [0.2, 0.25) is 0 Å². The summed E-state index contributed by atoms with van der Waals surface area (Å²) in [6.07, 6.45) is 4.35. The monoisotopic (exact) mass is 391 g/mol. The second-order valence-electron chi connectivity index (χ2n) is 7.92. The summed E-state index contributed by atoms with van der Waals surface area (Å²) in [4.78, 5) is 4.46. The Morgan fingerprint density at radius 1 is 1.38 bits per heavy atom. The number of hydrogen-bond donors (Lipinski definition) is 2. The van der Waals surface area contributed by atoms with E-state index in [1.807, 2.05) is 19.1 Å². The number of allylic oxidation sites excluding steroid dienone is 1. The maximum atomic E-state index is 5.86. The van der Waals surface area contributed by atoms with Gasteiger partial charge in [-0.3, -0.25) is 5.32 Å². The number of rotatable bonds is 9. The molecule has 2 radical (unpaired) electrons. The quantitative estimate of drug-likeness (QED) is 0.292. The number of anilines is 1. The SMILES string of the molecule is [B]c1ccc(NC(=C)C(=C)C(=C)N(C/C(C)=C/C)N(C)C2(C)CCCN2)nc1C. The van der Waals surface area contributed by atoms with Gasteiger partial charge in [-0.2, -0.15) is 0 Å². The number of hydrazine groups is 1. The molecule has 1 aliphatic heterocycles. The second-order valence-corrected chi connectivity index (χ2v) is 7.92. The van der Waals surface area contributed by atoms with Gasteiger partial charge in [-0.1, -0.05) is 42.9 Å². The highest BCUT2D eigenvalue weighted by atomic mass is 15.7. The summed E-state index contributed by atoms with van der Waals surface area (Å²) in [6, 6.07) is 3.67. The van der Waals surface area contributed by atoms with E-state index in [4.69, 9.17) is 7.85 Å². The third-order valence-corrected chi connectivity index (χ3v) is 5.74. The van der Waals surface area contributed by atoms with Gasteiger partial charge in [0.15, 0.2) is 0 Å². The van der Waals surface area contributed by atoms with E-state index in [1.54, 1.807) is 0 Å². The van der Waals surface area contributed by atoms with Crippen molar-refractivity contribution in [3.63, 3.8) is 0 Å². The summed E-state index contributed by atoms with van der Waals surface area (Å²) in [6.45, 7) is 22.8. The first-order valence-corrected chi connectivity index (χ1v) is 10.0. The number of hydrogen-bond acceptors (Lipinski definition) is 5. The van der Waals surface area contributed by atoms with Crippen LogP contribution < -0.4 is 16.1 Å². The van der Waals surface area contributed by atoms with Crippen molar-refractivity contribution in [2.24, 2.45) is 0 Å². The molecular weight excluding hydrogens is 357 g/mol. The Morgan fingerprint density at radius 2 is 2.07 bits per heavy atom. The number of nitrogens with one attached hydrogen (secondary N) is 2. The van der Waals surface area contributed by atoms with Crippen LogP contribution in [-0.2, 0) is 0 Å². The van der Waals surface area contributed by atoms with Crippen molar-refractivity contribution in [3.05, 3.63) is 66.2 Å². The molecule has 154 valence electrons. The fourth-order valence-electron chi connectivity index (χ4n) is 3.33. The van der Waals surface area contributed by atoms with Crippen LogP contribution in [-0.4, -0.2) is 48.6 Å². The van der Waals surface area contributed by atoms with Crippen molar-refractivity contribution < 1.29 is 0 Å². The second kappa shape index (κ2) is 9.46. The first-order valence-electron chi connectivity index (χ1n) is 10.0. The van der Waals surface area contributed by atoms with Gasteiger partial charge in [0.25, 0.3) is 0 Å². The predicted molar refractivity (Wildman–Crippen MR) is 125 cm³/mol. The number of nitrogens with zero attached hydrogens (tertiary/aromatic N) is 3. The number of aromatic nitrogens is 1. The van der Waals surface area contributed by atoms with Gasteiger partial charge < -0.3 is 10.3 Å². The molecule has 6 heteroatoms. The minimum atomic E-state index is -0.123. The van der Waals surface area contributed by atoms with Crippen LogP contribution in [0.3, 0.4) is 0 Å². The average molecular weight is 391 g/mol. The predicted octanol–water partition coefficient (Wildman–Crippen LogP) is 3.39. The largest absolute Gasteiger partial charge is 0.340 e. The summed E-state index contributed by atoms with van der Waals surface area (Å²) in [5.74, 6) is 0.685. The molecule has 0 bridgehead atoms. The molecule has 2 heterocycles. The van der Waals surface area contributed by atoms with Gasteiger partial charge in [0.2, 0.25) is 0 Å². The van der Waals surface area contributed by atoms with E-state index in [1.165, 1.54) is 5.57 Å². The number of pyridine rings is 1. The van der Waals surface area contributed by atoms with E-state index in [0.717, 1.165) is 42.9 Å². The van der Waals surface area contributed by atoms with Gasteiger partial charge in [0, 0.05) is 24.0 Å². The van der Waals surface area contributed by atoms with Crippen LogP contribution in [0.15, 0.2) is 60.5 Å². The summed E-state index contributed by atoms with van der Waals surface area (Å²) >= 11 is 0. The average Bonchev–Trinajstić information content (AvgIpc) is 3.14. The minimum Gasteiger partial charge on any atom is -0.340 e. The van der Waals surface area contributed by atoms with Crippen molar-refractivity contribution in [1.29, 1.82) is 0 Å². The van der Waals surface area contributed by atoms with Crippen LogP contribution in [0.4, 0.5) is 5.82 Å². The fourth-order valence-corrected chi connectivity index (χ4v) is 3.33. The molecule has 0 spiro atoms. The van der Waals surface area contributed by atoms with E-state index in [9.17, 15) is 0 Å². The Labute approximate surface area is 177 Å². The van der Waals surface area contributed by atoms with Crippen LogP contribution in [0.25, 0.3) is 0 Å². The molecule has 1 aliphatic rings. The molecule has 0 amide bonds. The van der Waals surface area contributed by atoms with Crippen molar-refractivity contribution in [3.8, 4) is 0 Å². The summed E-state index contributed by atoms with van der Waals surface area (Å²) in [7, 11) is 7.96. The first kappa shape index (κ1) is 23.0. The maximum Gasteiger partial charge on any atom is 0.130 e. The molecule has 1 unspecified atom stereocenters. The van der Waals surface area contributed by atoms with Crippen molar-refractivity contribution >= 4 is 19.1 Å². The van der Waals surface area contributed by atoms with Gasteiger partial charge in [-0.15, -0.1) is 0 Å². The molecule has 29 heavy (non-hydrogen) atoms. The normalized spacial score (nSPS) is 19.3. The van der Waals surface area contributed by atoms with E-state index in [0.29, 0.717) is 17.0 Å². The smallest absolute Gasteiger partial charge is 0.130 e. The molecule has 2 rings (SSSR count). The van der Waals surface area contributed by atoms with Crippen LogP contribution >= 0.6 is 0 Å². The lowest BCUT2D eigenvalue weighted by Crippen LogP contribution is -2.58. The Balaban J connectivity index is 2.20. The Hall–Kier alpha value is -2.31. The highest BCUT2D eigenvalue weighted by Crippen LogP contribution is 2.29. The van der Waals surface area contributed by atoms with E-state index < -0.39 is 0 Å². The molecule has 1 fully saturated rings. The highest BCUT2D eigenvalue weighted by Gasteiger charge is 2.36. The molecule has 1 aromatic heterocycles. The first-order chi connectivity index (χ1) is 13.6. The lowest BCUT2D eigenvalue weighted by atomic mass is 9.95. The maximum absolute atomic E-state index is 5.86. The summed E-state index contributed by atoms with van der Waals surface area (Å²) in [5, 5.41) is 11.3. The molecule has 0 aliphatic carbocycles. The van der Waals surface area contributed by atoms with Crippen LogP contribution in [0.1, 0.15) is 39.3 Å². The molecule has 2 N–H and O–H groups in total. The van der Waals surface area contributed by atoms with Crippen molar-refractivity contribution in [1.82, 2.24) is 20.3 Å². The lowest BCUT2D eigenvalue weighted by molar-refractivity contribution is -0.0570. The molecule has 1 saturated heterocycles. The van der Waals surface area contributed by atoms with Gasteiger partial charge in [0.05, 0.1) is 17.9 Å².